The topological polar surface area (TPSA) is 86.8 Å². The number of carbonyl (C=O) groups excluding carboxylic acids is 2. The van der Waals surface area contributed by atoms with Gasteiger partial charge in [0, 0.05) is 12.6 Å². The van der Waals surface area contributed by atoms with Crippen LogP contribution in [0.1, 0.15) is 32.8 Å². The highest BCUT2D eigenvalue weighted by molar-refractivity contribution is 7.92. The van der Waals surface area contributed by atoms with Crippen LogP contribution >= 0.6 is 0 Å². The summed E-state index contributed by atoms with van der Waals surface area (Å²) in [5.74, 6) is -0.723. The third kappa shape index (κ3) is 7.43. The molecule has 2 amide bonds. The van der Waals surface area contributed by atoms with E-state index in [0.717, 1.165) is 16.3 Å². The van der Waals surface area contributed by atoms with Gasteiger partial charge in [0.2, 0.25) is 11.8 Å². The van der Waals surface area contributed by atoms with Crippen molar-refractivity contribution in [3.8, 4) is 0 Å². The maximum atomic E-state index is 13.8. The molecule has 2 atom stereocenters. The molecule has 0 spiro atoms. The predicted octanol–water partition coefficient (Wildman–Crippen LogP) is 4.26. The predicted molar refractivity (Wildman–Crippen MR) is 147 cm³/mol. The molecule has 3 aromatic rings. The number of nitrogens with zero attached hydrogens (tertiary/aromatic N) is 2. The Morgan fingerprint density at radius 2 is 1.38 bits per heavy atom. The van der Waals surface area contributed by atoms with Crippen LogP contribution in [0.3, 0.4) is 0 Å². The van der Waals surface area contributed by atoms with Gasteiger partial charge in [0.15, 0.2) is 0 Å². The Balaban J connectivity index is 1.93. The van der Waals surface area contributed by atoms with Gasteiger partial charge >= 0.3 is 0 Å². The van der Waals surface area contributed by atoms with Crippen molar-refractivity contribution in [3.63, 3.8) is 0 Å². The Labute approximate surface area is 220 Å². The summed E-state index contributed by atoms with van der Waals surface area (Å²) >= 11 is 0. The average Bonchev–Trinajstić information content (AvgIpc) is 2.93. The monoisotopic (exact) mass is 521 g/mol. The number of amides is 2. The second kappa shape index (κ2) is 13.1. The molecule has 37 heavy (non-hydrogen) atoms. The average molecular weight is 522 g/mol. The van der Waals surface area contributed by atoms with Crippen molar-refractivity contribution in [2.45, 2.75) is 50.6 Å². The van der Waals surface area contributed by atoms with Gasteiger partial charge in [0.05, 0.1) is 10.6 Å². The van der Waals surface area contributed by atoms with E-state index in [1.165, 1.54) is 17.0 Å². The van der Waals surface area contributed by atoms with E-state index in [-0.39, 0.29) is 23.4 Å². The smallest absolute Gasteiger partial charge is 0.264 e. The summed E-state index contributed by atoms with van der Waals surface area (Å²) < 4.78 is 28.4. The molecule has 2 unspecified atom stereocenters. The molecule has 0 aliphatic carbocycles. The number of anilines is 1. The third-order valence-electron chi connectivity index (χ3n) is 6.31. The molecule has 0 aliphatic rings. The van der Waals surface area contributed by atoms with Crippen LogP contribution in [0, 0.1) is 0 Å². The van der Waals surface area contributed by atoms with E-state index >= 15 is 0 Å². The zero-order valence-corrected chi connectivity index (χ0v) is 22.4. The molecule has 0 aromatic heterocycles. The number of rotatable bonds is 12. The van der Waals surface area contributed by atoms with E-state index in [4.69, 9.17) is 0 Å². The standard InChI is InChI=1S/C29H35N3O4S/c1-4-23(2)30-29(34)24(3)31(21-20-25-14-8-5-9-15-25)28(33)22-32(26-16-10-6-11-17-26)37(35,36)27-18-12-7-13-19-27/h5-19,23-24H,4,20-22H2,1-3H3,(H,30,34). The molecule has 0 fully saturated rings. The van der Waals surface area contributed by atoms with Crippen LogP contribution in [0.15, 0.2) is 95.9 Å². The zero-order chi connectivity index (χ0) is 26.8. The Hall–Kier alpha value is -3.65. The first-order valence-corrected chi connectivity index (χ1v) is 13.9. The van der Waals surface area contributed by atoms with Crippen molar-refractivity contribution in [3.05, 3.63) is 96.6 Å². The van der Waals surface area contributed by atoms with Gasteiger partial charge in [-0.3, -0.25) is 13.9 Å². The summed E-state index contributed by atoms with van der Waals surface area (Å²) in [4.78, 5) is 28.3. The number of benzene rings is 3. The summed E-state index contributed by atoms with van der Waals surface area (Å²) in [6.45, 7) is 5.40. The Bertz CT molecular complexity index is 1250. The summed E-state index contributed by atoms with van der Waals surface area (Å²) in [6, 6.07) is 25.4. The largest absolute Gasteiger partial charge is 0.352 e. The van der Waals surface area contributed by atoms with Crippen molar-refractivity contribution >= 4 is 27.5 Å². The molecule has 0 radical (unpaired) electrons. The molecule has 0 saturated carbocycles. The quantitative estimate of drug-likeness (QED) is 0.386. The van der Waals surface area contributed by atoms with Crippen molar-refractivity contribution < 1.29 is 18.0 Å². The van der Waals surface area contributed by atoms with Gasteiger partial charge in [-0.15, -0.1) is 0 Å². The molecular weight excluding hydrogens is 486 g/mol. The second-order valence-corrected chi connectivity index (χ2v) is 10.8. The highest BCUT2D eigenvalue weighted by Crippen LogP contribution is 2.24. The van der Waals surface area contributed by atoms with Crippen LogP contribution in [0.25, 0.3) is 0 Å². The minimum atomic E-state index is -4.03. The fourth-order valence-corrected chi connectivity index (χ4v) is 5.31. The minimum Gasteiger partial charge on any atom is -0.352 e. The molecule has 0 saturated heterocycles. The van der Waals surface area contributed by atoms with E-state index in [9.17, 15) is 18.0 Å². The van der Waals surface area contributed by atoms with Crippen LogP contribution in [-0.4, -0.2) is 50.3 Å². The Morgan fingerprint density at radius 1 is 0.838 bits per heavy atom. The van der Waals surface area contributed by atoms with Gasteiger partial charge in [-0.05, 0) is 56.5 Å². The SMILES string of the molecule is CCC(C)NC(=O)C(C)N(CCc1ccccc1)C(=O)CN(c1ccccc1)S(=O)(=O)c1ccccc1. The second-order valence-electron chi connectivity index (χ2n) is 8.98. The fourth-order valence-electron chi connectivity index (χ4n) is 3.88. The molecule has 0 aliphatic heterocycles. The molecular formula is C29H35N3O4S. The van der Waals surface area contributed by atoms with Crippen LogP contribution in [-0.2, 0) is 26.0 Å². The maximum absolute atomic E-state index is 13.8. The third-order valence-corrected chi connectivity index (χ3v) is 8.09. The molecule has 8 heteroatoms. The van der Waals surface area contributed by atoms with Gasteiger partial charge in [-0.25, -0.2) is 8.42 Å². The van der Waals surface area contributed by atoms with Gasteiger partial charge in [0.25, 0.3) is 10.0 Å². The highest BCUT2D eigenvalue weighted by atomic mass is 32.2. The van der Waals surface area contributed by atoms with Crippen molar-refractivity contribution in [1.82, 2.24) is 10.2 Å². The first kappa shape index (κ1) is 27.9. The fraction of sp³-hybridized carbons (Fsp3) is 0.310. The van der Waals surface area contributed by atoms with Gasteiger partial charge in [0.1, 0.15) is 12.6 Å². The molecule has 196 valence electrons. The number of hydrogen-bond acceptors (Lipinski definition) is 4. The van der Waals surface area contributed by atoms with Crippen molar-refractivity contribution in [2.24, 2.45) is 0 Å². The van der Waals surface area contributed by atoms with Crippen LogP contribution in [0.4, 0.5) is 5.69 Å². The van der Waals surface area contributed by atoms with E-state index in [0.29, 0.717) is 12.1 Å². The molecule has 7 nitrogen and oxygen atoms in total. The molecule has 0 bridgehead atoms. The number of para-hydroxylation sites is 1. The van der Waals surface area contributed by atoms with Crippen molar-refractivity contribution in [1.29, 1.82) is 0 Å². The maximum Gasteiger partial charge on any atom is 0.264 e. The highest BCUT2D eigenvalue weighted by Gasteiger charge is 2.32. The molecule has 3 aromatic carbocycles. The lowest BCUT2D eigenvalue weighted by Gasteiger charge is -2.32. The van der Waals surface area contributed by atoms with E-state index in [1.54, 1.807) is 55.5 Å². The molecule has 1 N–H and O–H groups in total. The van der Waals surface area contributed by atoms with E-state index < -0.39 is 28.5 Å². The lowest BCUT2D eigenvalue weighted by molar-refractivity contribution is -0.139. The Kier molecular flexibility index (Phi) is 9.85. The van der Waals surface area contributed by atoms with Crippen LogP contribution in [0.5, 0.6) is 0 Å². The number of carbonyl (C=O) groups is 2. The lowest BCUT2D eigenvalue weighted by atomic mass is 10.1. The van der Waals surface area contributed by atoms with Gasteiger partial charge < -0.3 is 10.2 Å². The normalized spacial score (nSPS) is 12.8. The van der Waals surface area contributed by atoms with E-state index in [2.05, 4.69) is 5.32 Å². The zero-order valence-electron chi connectivity index (χ0n) is 21.6. The van der Waals surface area contributed by atoms with Crippen LogP contribution < -0.4 is 9.62 Å². The Morgan fingerprint density at radius 3 is 1.95 bits per heavy atom. The number of sulfonamides is 1. The van der Waals surface area contributed by atoms with Gasteiger partial charge in [-0.2, -0.15) is 0 Å². The number of hydrogen-bond donors (Lipinski definition) is 1. The minimum absolute atomic E-state index is 0.0414. The molecule has 0 heterocycles. The first-order valence-electron chi connectivity index (χ1n) is 12.5. The van der Waals surface area contributed by atoms with Crippen molar-refractivity contribution in [2.75, 3.05) is 17.4 Å². The summed E-state index contributed by atoms with van der Waals surface area (Å²) in [7, 11) is -4.03. The number of nitrogens with one attached hydrogen (secondary N) is 1. The summed E-state index contributed by atoms with van der Waals surface area (Å²) in [6.07, 6.45) is 1.29. The van der Waals surface area contributed by atoms with Gasteiger partial charge in [-0.1, -0.05) is 73.7 Å². The van der Waals surface area contributed by atoms with E-state index in [1.807, 2.05) is 44.2 Å². The first-order chi connectivity index (χ1) is 17.7. The lowest BCUT2D eigenvalue weighted by Crippen LogP contribution is -2.53. The molecule has 3 rings (SSSR count). The summed E-state index contributed by atoms with van der Waals surface area (Å²) in [5.41, 5.74) is 1.39. The summed E-state index contributed by atoms with van der Waals surface area (Å²) in [5, 5.41) is 2.94. The van der Waals surface area contributed by atoms with Crippen LogP contribution in [0.2, 0.25) is 0 Å².